The highest BCUT2D eigenvalue weighted by Crippen LogP contribution is 2.34. The van der Waals surface area contributed by atoms with Crippen molar-refractivity contribution in [1.29, 1.82) is 0 Å². The van der Waals surface area contributed by atoms with Crippen LogP contribution in [0.15, 0.2) is 36.5 Å². The van der Waals surface area contributed by atoms with Gasteiger partial charge in [-0.2, -0.15) is 0 Å². The summed E-state index contributed by atoms with van der Waals surface area (Å²) in [4.78, 5) is 17.2. The Balaban J connectivity index is 1.83. The first-order valence-electron chi connectivity index (χ1n) is 6.44. The molecule has 1 saturated heterocycles. The number of benzene rings is 1. The van der Waals surface area contributed by atoms with E-state index in [9.17, 15) is 18.0 Å². The number of carbonyl (C=O) groups excluding carboxylic acids is 1. The second kappa shape index (κ2) is 5.20. The highest BCUT2D eigenvalue weighted by molar-refractivity contribution is 5.93. The van der Waals surface area contributed by atoms with E-state index in [0.29, 0.717) is 19.0 Å². The number of rotatable bonds is 2. The van der Waals surface area contributed by atoms with Crippen molar-refractivity contribution in [3.05, 3.63) is 65.2 Å². The molecule has 0 aliphatic carbocycles. The van der Waals surface area contributed by atoms with Crippen LogP contribution in [0.2, 0.25) is 0 Å². The number of halogens is 3. The molecular weight excluding hydrogens is 281 g/mol. The lowest BCUT2D eigenvalue weighted by Gasteiger charge is -2.41. The molecule has 0 N–H and O–H groups in total. The number of hydrogen-bond donors (Lipinski definition) is 0. The molecule has 21 heavy (non-hydrogen) atoms. The Hall–Kier alpha value is -2.37. The summed E-state index contributed by atoms with van der Waals surface area (Å²) >= 11 is 0. The number of pyridine rings is 1. The van der Waals surface area contributed by atoms with Crippen molar-refractivity contribution in [2.75, 3.05) is 6.54 Å². The molecule has 1 aromatic carbocycles. The van der Waals surface area contributed by atoms with Crippen LogP contribution in [0.25, 0.3) is 0 Å². The highest BCUT2D eigenvalue weighted by Gasteiger charge is 2.35. The van der Waals surface area contributed by atoms with Gasteiger partial charge in [0.25, 0.3) is 5.91 Å². The topological polar surface area (TPSA) is 33.2 Å². The van der Waals surface area contributed by atoms with E-state index >= 15 is 0 Å². The summed E-state index contributed by atoms with van der Waals surface area (Å²) in [6.45, 7) is 0.458. The van der Waals surface area contributed by atoms with Gasteiger partial charge in [0.15, 0.2) is 11.5 Å². The van der Waals surface area contributed by atoms with Crippen molar-refractivity contribution in [3.63, 3.8) is 0 Å². The number of nitrogens with zero attached hydrogens (tertiary/aromatic N) is 2. The molecule has 2 aromatic rings. The summed E-state index contributed by atoms with van der Waals surface area (Å²) in [5.41, 5.74) is 0.377. The van der Waals surface area contributed by atoms with E-state index in [-0.39, 0.29) is 11.9 Å². The molecule has 0 spiro atoms. The zero-order valence-corrected chi connectivity index (χ0v) is 10.9. The van der Waals surface area contributed by atoms with Crippen molar-refractivity contribution in [1.82, 2.24) is 9.88 Å². The second-order valence-electron chi connectivity index (χ2n) is 4.84. The van der Waals surface area contributed by atoms with Crippen molar-refractivity contribution in [3.8, 4) is 0 Å². The lowest BCUT2D eigenvalue weighted by atomic mass is 9.94. The first kappa shape index (κ1) is 13.6. The first-order chi connectivity index (χ1) is 10.1. The smallest absolute Gasteiger partial charge is 0.276 e. The van der Waals surface area contributed by atoms with Crippen LogP contribution in [0.1, 0.15) is 28.5 Å². The standard InChI is InChI=1S/C15H11F3N2O/c16-10-3-1-9(2-4-10)13-5-6-20(13)15(21)14-12(18)7-11(17)8-19-14/h1-4,7-8,13H,5-6H2. The van der Waals surface area contributed by atoms with E-state index in [1.54, 1.807) is 12.1 Å². The minimum atomic E-state index is -0.982. The number of likely N-dealkylation sites (tertiary alicyclic amines) is 1. The van der Waals surface area contributed by atoms with Gasteiger partial charge in [-0.15, -0.1) is 0 Å². The molecular formula is C15H11F3N2O. The number of amides is 1. The minimum Gasteiger partial charge on any atom is -0.330 e. The summed E-state index contributed by atoms with van der Waals surface area (Å²) in [7, 11) is 0. The average Bonchev–Trinajstić information content (AvgIpc) is 2.40. The van der Waals surface area contributed by atoms with Crippen LogP contribution < -0.4 is 0 Å². The summed E-state index contributed by atoms with van der Waals surface area (Å²) < 4.78 is 39.3. The molecule has 6 heteroatoms. The van der Waals surface area contributed by atoms with Crippen molar-refractivity contribution >= 4 is 5.91 Å². The molecule has 1 fully saturated rings. The predicted octanol–water partition coefficient (Wildman–Crippen LogP) is 3.09. The van der Waals surface area contributed by atoms with Gasteiger partial charge in [-0.25, -0.2) is 18.2 Å². The van der Waals surface area contributed by atoms with E-state index in [0.717, 1.165) is 11.8 Å². The Morgan fingerprint density at radius 1 is 1.14 bits per heavy atom. The third kappa shape index (κ3) is 2.49. The van der Waals surface area contributed by atoms with Gasteiger partial charge in [0.05, 0.1) is 12.2 Å². The molecule has 0 radical (unpaired) electrons. The molecule has 3 rings (SSSR count). The lowest BCUT2D eigenvalue weighted by molar-refractivity contribution is 0.0448. The molecule has 1 aromatic heterocycles. The lowest BCUT2D eigenvalue weighted by Crippen LogP contribution is -2.45. The van der Waals surface area contributed by atoms with E-state index in [4.69, 9.17) is 0 Å². The van der Waals surface area contributed by atoms with Crippen LogP contribution in [-0.4, -0.2) is 22.3 Å². The Morgan fingerprint density at radius 2 is 1.86 bits per heavy atom. The maximum atomic E-state index is 13.6. The van der Waals surface area contributed by atoms with Crippen molar-refractivity contribution in [2.45, 2.75) is 12.5 Å². The van der Waals surface area contributed by atoms with Gasteiger partial charge in [0.2, 0.25) is 0 Å². The van der Waals surface area contributed by atoms with Gasteiger partial charge in [-0.1, -0.05) is 12.1 Å². The van der Waals surface area contributed by atoms with Crippen LogP contribution in [0.4, 0.5) is 13.2 Å². The fourth-order valence-electron chi connectivity index (χ4n) is 2.37. The van der Waals surface area contributed by atoms with Crippen LogP contribution in [0, 0.1) is 17.5 Å². The Labute approximate surface area is 119 Å². The van der Waals surface area contributed by atoms with E-state index in [1.807, 2.05) is 0 Å². The Kier molecular flexibility index (Phi) is 3.37. The number of hydrogen-bond acceptors (Lipinski definition) is 2. The summed E-state index contributed by atoms with van der Waals surface area (Å²) in [5, 5.41) is 0. The first-order valence-corrected chi connectivity index (χ1v) is 6.44. The van der Waals surface area contributed by atoms with E-state index in [2.05, 4.69) is 4.98 Å². The molecule has 2 heterocycles. The Bertz CT molecular complexity index is 688. The van der Waals surface area contributed by atoms with Gasteiger partial charge >= 0.3 is 0 Å². The van der Waals surface area contributed by atoms with Crippen LogP contribution in [-0.2, 0) is 0 Å². The molecule has 1 amide bonds. The minimum absolute atomic E-state index is 0.232. The van der Waals surface area contributed by atoms with Crippen molar-refractivity contribution < 1.29 is 18.0 Å². The summed E-state index contributed by atoms with van der Waals surface area (Å²) in [6, 6.07) is 6.21. The summed E-state index contributed by atoms with van der Waals surface area (Å²) in [5.74, 6) is -2.76. The van der Waals surface area contributed by atoms with Crippen LogP contribution in [0.3, 0.4) is 0 Å². The average molecular weight is 292 g/mol. The van der Waals surface area contributed by atoms with Gasteiger partial charge in [0, 0.05) is 12.6 Å². The molecule has 108 valence electrons. The third-order valence-electron chi connectivity index (χ3n) is 3.55. The largest absolute Gasteiger partial charge is 0.330 e. The normalized spacial score (nSPS) is 17.5. The molecule has 1 aliphatic heterocycles. The second-order valence-corrected chi connectivity index (χ2v) is 4.84. The molecule has 1 unspecified atom stereocenters. The molecule has 3 nitrogen and oxygen atoms in total. The zero-order valence-electron chi connectivity index (χ0n) is 10.9. The van der Waals surface area contributed by atoms with Crippen molar-refractivity contribution in [2.24, 2.45) is 0 Å². The monoisotopic (exact) mass is 292 g/mol. The van der Waals surface area contributed by atoms with Gasteiger partial charge in [0.1, 0.15) is 11.6 Å². The quantitative estimate of drug-likeness (QED) is 0.852. The number of carbonyl (C=O) groups is 1. The highest BCUT2D eigenvalue weighted by atomic mass is 19.1. The molecule has 1 atom stereocenters. The van der Waals surface area contributed by atoms with Gasteiger partial charge in [-0.05, 0) is 24.1 Å². The number of aromatic nitrogens is 1. The summed E-state index contributed by atoms with van der Waals surface area (Å²) in [6.07, 6.45) is 1.52. The van der Waals surface area contributed by atoms with Crippen LogP contribution in [0.5, 0.6) is 0 Å². The third-order valence-corrected chi connectivity index (χ3v) is 3.55. The Morgan fingerprint density at radius 3 is 2.43 bits per heavy atom. The molecule has 0 saturated carbocycles. The van der Waals surface area contributed by atoms with E-state index in [1.165, 1.54) is 17.0 Å². The van der Waals surface area contributed by atoms with E-state index < -0.39 is 23.2 Å². The predicted molar refractivity (Wildman–Crippen MR) is 68.9 cm³/mol. The molecule has 0 bridgehead atoms. The van der Waals surface area contributed by atoms with Gasteiger partial charge < -0.3 is 4.90 Å². The maximum Gasteiger partial charge on any atom is 0.276 e. The fourth-order valence-corrected chi connectivity index (χ4v) is 2.37. The SMILES string of the molecule is O=C(c1ncc(F)cc1F)N1CCC1c1ccc(F)cc1. The van der Waals surface area contributed by atoms with Gasteiger partial charge in [-0.3, -0.25) is 4.79 Å². The maximum absolute atomic E-state index is 13.6. The zero-order chi connectivity index (χ0) is 15.0. The molecule has 1 aliphatic rings. The van der Waals surface area contributed by atoms with Crippen LogP contribution >= 0.6 is 0 Å². The fraction of sp³-hybridized carbons (Fsp3) is 0.200.